The summed E-state index contributed by atoms with van der Waals surface area (Å²) in [6, 6.07) is 7.57. The van der Waals surface area contributed by atoms with Gasteiger partial charge in [-0.15, -0.1) is 11.3 Å². The van der Waals surface area contributed by atoms with Crippen LogP contribution < -0.4 is 5.32 Å². The van der Waals surface area contributed by atoms with Crippen LogP contribution in [0.2, 0.25) is 5.02 Å². The second-order valence-corrected chi connectivity index (χ2v) is 10.1. The van der Waals surface area contributed by atoms with Gasteiger partial charge in [-0.1, -0.05) is 35.9 Å². The van der Waals surface area contributed by atoms with E-state index in [2.05, 4.69) is 27.9 Å². The van der Waals surface area contributed by atoms with Crippen LogP contribution in [0, 0.1) is 8.29 Å². The molecule has 4 nitrogen and oxygen atoms in total. The summed E-state index contributed by atoms with van der Waals surface area (Å²) < 4.78 is 28.1. The number of amides is 1. The average molecular weight is 524 g/mol. The molecule has 1 amide bonds. The Balaban J connectivity index is 2.14. The van der Waals surface area contributed by atoms with Gasteiger partial charge in [-0.2, -0.15) is 0 Å². The number of hydrogen-bond acceptors (Lipinski definition) is 3. The van der Waals surface area contributed by atoms with Crippen molar-refractivity contribution < 1.29 is 13.6 Å². The molecule has 0 bridgehead atoms. The third kappa shape index (κ3) is 3.58. The summed E-state index contributed by atoms with van der Waals surface area (Å²) in [4.78, 5) is 15.0. The second-order valence-electron chi connectivity index (χ2n) is 6.74. The van der Waals surface area contributed by atoms with Gasteiger partial charge in [0, 0.05) is 19.5 Å². The number of benzene rings is 1. The van der Waals surface area contributed by atoms with Crippen LogP contribution in [0.15, 0.2) is 30.3 Å². The summed E-state index contributed by atoms with van der Waals surface area (Å²) in [6.07, 6.45) is 0. The van der Waals surface area contributed by atoms with Crippen molar-refractivity contribution in [1.29, 1.82) is 5.41 Å². The Hall–Kier alpha value is -1.26. The molecule has 0 spiro atoms. The van der Waals surface area contributed by atoms with Gasteiger partial charge in [-0.3, -0.25) is 15.1 Å². The quantitative estimate of drug-likeness (QED) is 0.549. The maximum atomic E-state index is 13.6. The molecule has 0 aliphatic carbocycles. The van der Waals surface area contributed by atoms with Gasteiger partial charge in [-0.25, -0.2) is 8.78 Å². The lowest BCUT2D eigenvalue weighted by Gasteiger charge is -2.45. The number of carbonyl (C=O) groups is 1. The fourth-order valence-electron chi connectivity index (χ4n) is 3.28. The zero-order valence-corrected chi connectivity index (χ0v) is 18.5. The Kier molecular flexibility index (Phi) is 5.28. The number of halogens is 4. The number of nitrogens with one attached hydrogen (secondary N) is 2. The van der Waals surface area contributed by atoms with E-state index in [4.69, 9.17) is 17.0 Å². The van der Waals surface area contributed by atoms with Crippen LogP contribution in [0.5, 0.6) is 0 Å². The normalized spacial score (nSPS) is 23.5. The van der Waals surface area contributed by atoms with Gasteiger partial charge in [0.25, 0.3) is 5.92 Å². The van der Waals surface area contributed by atoms with Crippen molar-refractivity contribution in [2.24, 2.45) is 0 Å². The molecule has 1 aliphatic heterocycles. The van der Waals surface area contributed by atoms with Crippen LogP contribution in [0.4, 0.5) is 8.78 Å². The monoisotopic (exact) mass is 523 g/mol. The SMILES string of the molecule is CN1C(=N)N[C@](C)(c2sc(I)cc2Cl)C(c2ccc(C(C)(F)F)cc2)C1=O. The van der Waals surface area contributed by atoms with Gasteiger partial charge in [0.1, 0.15) is 0 Å². The lowest BCUT2D eigenvalue weighted by Crippen LogP contribution is -2.62. The molecule has 1 fully saturated rings. The Labute approximate surface area is 178 Å². The number of guanidine groups is 1. The molecule has 2 aromatic rings. The zero-order chi connectivity index (χ0) is 20.1. The number of hydrogen-bond donors (Lipinski definition) is 2. The van der Waals surface area contributed by atoms with E-state index in [9.17, 15) is 13.6 Å². The summed E-state index contributed by atoms with van der Waals surface area (Å²) >= 11 is 10.00. The van der Waals surface area contributed by atoms with Crippen LogP contribution in [0.25, 0.3) is 0 Å². The number of carbonyl (C=O) groups excluding carboxylic acids is 1. The van der Waals surface area contributed by atoms with Crippen LogP contribution in [0.3, 0.4) is 0 Å². The highest BCUT2D eigenvalue weighted by atomic mass is 127. The molecule has 27 heavy (non-hydrogen) atoms. The molecule has 1 unspecified atom stereocenters. The van der Waals surface area contributed by atoms with E-state index >= 15 is 0 Å². The molecule has 144 valence electrons. The van der Waals surface area contributed by atoms with Crippen molar-refractivity contribution in [3.05, 3.63) is 54.2 Å². The van der Waals surface area contributed by atoms with Crippen LogP contribution in [0.1, 0.15) is 35.8 Å². The minimum absolute atomic E-state index is 0.0325. The maximum Gasteiger partial charge on any atom is 0.270 e. The van der Waals surface area contributed by atoms with Gasteiger partial charge < -0.3 is 5.32 Å². The third-order valence-corrected chi connectivity index (χ3v) is 7.29. The Morgan fingerprint density at radius 3 is 2.44 bits per heavy atom. The highest BCUT2D eigenvalue weighted by Gasteiger charge is 2.50. The fourth-order valence-corrected chi connectivity index (χ4v) is 5.83. The molecular formula is C18H17ClF2IN3OS. The number of alkyl halides is 2. The number of likely N-dealkylation sites (N-methyl/N-ethyl adjacent to an activating group) is 1. The Morgan fingerprint density at radius 2 is 1.96 bits per heavy atom. The minimum Gasteiger partial charge on any atom is -0.345 e. The van der Waals surface area contributed by atoms with Crippen molar-refractivity contribution >= 4 is 57.4 Å². The smallest absolute Gasteiger partial charge is 0.270 e. The molecule has 1 aromatic heterocycles. The summed E-state index contributed by atoms with van der Waals surface area (Å²) in [6.45, 7) is 2.65. The number of thiophene rings is 1. The Morgan fingerprint density at radius 1 is 1.37 bits per heavy atom. The summed E-state index contributed by atoms with van der Waals surface area (Å²) in [5.41, 5.74) is -0.502. The molecule has 2 heterocycles. The molecular weight excluding hydrogens is 507 g/mol. The molecule has 1 saturated heterocycles. The first kappa shape index (κ1) is 20.5. The van der Waals surface area contributed by atoms with Gasteiger partial charge in [0.05, 0.1) is 24.2 Å². The van der Waals surface area contributed by atoms with Gasteiger partial charge >= 0.3 is 0 Å². The fraction of sp³-hybridized carbons (Fsp3) is 0.333. The predicted molar refractivity (Wildman–Crippen MR) is 112 cm³/mol. The molecule has 1 aliphatic rings. The molecule has 9 heteroatoms. The highest BCUT2D eigenvalue weighted by Crippen LogP contribution is 2.46. The van der Waals surface area contributed by atoms with Crippen LogP contribution in [-0.4, -0.2) is 23.8 Å². The van der Waals surface area contributed by atoms with E-state index in [1.165, 1.54) is 35.4 Å². The molecule has 1 aromatic carbocycles. The van der Waals surface area contributed by atoms with Crippen molar-refractivity contribution in [3.63, 3.8) is 0 Å². The van der Waals surface area contributed by atoms with Gasteiger partial charge in [0.15, 0.2) is 5.96 Å². The Bertz CT molecular complexity index is 912. The summed E-state index contributed by atoms with van der Waals surface area (Å²) in [7, 11) is 1.51. The van der Waals surface area contributed by atoms with E-state index in [1.807, 2.05) is 6.92 Å². The van der Waals surface area contributed by atoms with Crippen LogP contribution in [-0.2, 0) is 16.3 Å². The van der Waals surface area contributed by atoms with Crippen molar-refractivity contribution in [2.75, 3.05) is 7.05 Å². The number of rotatable bonds is 3. The predicted octanol–water partition coefficient (Wildman–Crippen LogP) is 5.11. The first-order valence-electron chi connectivity index (χ1n) is 8.03. The van der Waals surface area contributed by atoms with Gasteiger partial charge in [0.2, 0.25) is 5.91 Å². The average Bonchev–Trinajstić information content (AvgIpc) is 2.92. The first-order valence-corrected chi connectivity index (χ1v) is 10.3. The minimum atomic E-state index is -2.96. The first-order chi connectivity index (χ1) is 12.4. The molecule has 0 radical (unpaired) electrons. The van der Waals surface area contributed by atoms with E-state index in [0.29, 0.717) is 10.6 Å². The molecule has 0 saturated carbocycles. The lowest BCUT2D eigenvalue weighted by atomic mass is 9.76. The van der Waals surface area contributed by atoms with E-state index in [0.717, 1.165) is 14.7 Å². The lowest BCUT2D eigenvalue weighted by molar-refractivity contribution is -0.131. The standard InChI is InChI=1S/C18H17ClF2IN3OS/c1-17(14-11(19)8-12(22)27-14)13(15(26)25(3)16(23)24-17)9-4-6-10(7-5-9)18(2,20)21/h4-8,13H,1-3H3,(H2,23,24)/t13?,17-/m0/s1. The largest absolute Gasteiger partial charge is 0.345 e. The van der Waals surface area contributed by atoms with E-state index in [1.54, 1.807) is 18.2 Å². The highest BCUT2D eigenvalue weighted by molar-refractivity contribution is 14.1. The molecule has 2 atom stereocenters. The van der Waals surface area contributed by atoms with E-state index < -0.39 is 17.4 Å². The van der Waals surface area contributed by atoms with Crippen molar-refractivity contribution in [3.8, 4) is 0 Å². The molecule has 2 N–H and O–H groups in total. The van der Waals surface area contributed by atoms with Gasteiger partial charge in [-0.05, 0) is 41.1 Å². The zero-order valence-electron chi connectivity index (χ0n) is 14.7. The topological polar surface area (TPSA) is 56.2 Å². The third-order valence-electron chi connectivity index (χ3n) is 4.75. The molecule has 3 rings (SSSR count). The van der Waals surface area contributed by atoms with Crippen molar-refractivity contribution in [1.82, 2.24) is 10.2 Å². The second kappa shape index (κ2) is 6.97. The maximum absolute atomic E-state index is 13.6. The van der Waals surface area contributed by atoms with Crippen molar-refractivity contribution in [2.45, 2.75) is 31.2 Å². The summed E-state index contributed by atoms with van der Waals surface area (Å²) in [5, 5.41) is 11.7. The summed E-state index contributed by atoms with van der Waals surface area (Å²) in [5.74, 6) is -4.00. The van der Waals surface area contributed by atoms with Crippen LogP contribution >= 0.6 is 45.5 Å². The van der Waals surface area contributed by atoms with E-state index in [-0.39, 0.29) is 17.4 Å². The number of nitrogens with zero attached hydrogens (tertiary/aromatic N) is 1.